The molecular weight excluding hydrogens is 398 g/mol. The normalized spacial score (nSPS) is 20.7. The lowest BCUT2D eigenvalue weighted by molar-refractivity contribution is 0.416. The molecule has 154 valence electrons. The van der Waals surface area contributed by atoms with Crippen LogP contribution in [0.4, 0.5) is 0 Å². The Bertz CT molecular complexity index is 1430. The van der Waals surface area contributed by atoms with Crippen molar-refractivity contribution in [2.75, 3.05) is 7.11 Å². The van der Waals surface area contributed by atoms with Crippen LogP contribution in [0.25, 0.3) is 21.8 Å². The van der Waals surface area contributed by atoms with Crippen LogP contribution in [0.3, 0.4) is 0 Å². The molecule has 0 spiro atoms. The van der Waals surface area contributed by atoms with Crippen LogP contribution < -0.4 is 10.1 Å². The zero-order chi connectivity index (χ0) is 20.6. The van der Waals surface area contributed by atoms with E-state index in [0.29, 0.717) is 17.3 Å². The summed E-state index contributed by atoms with van der Waals surface area (Å²) in [5.41, 5.74) is 4.16. The maximum absolute atomic E-state index is 13.6. The van der Waals surface area contributed by atoms with E-state index in [4.69, 9.17) is 4.74 Å². The average Bonchev–Trinajstić information content (AvgIpc) is 3.43. The number of fused-ring (bicyclic) bond motifs is 7. The molecule has 0 radical (unpaired) electrons. The molecule has 1 saturated heterocycles. The van der Waals surface area contributed by atoms with E-state index in [1.165, 1.54) is 15.2 Å². The van der Waals surface area contributed by atoms with Gasteiger partial charge in [-0.3, -0.25) is 0 Å². The molecule has 0 aliphatic carbocycles. The van der Waals surface area contributed by atoms with Crippen LogP contribution in [0.15, 0.2) is 53.6 Å². The molecule has 2 unspecified atom stereocenters. The van der Waals surface area contributed by atoms with E-state index >= 15 is 0 Å². The lowest BCUT2D eigenvalue weighted by Crippen LogP contribution is -2.32. The zero-order valence-electron chi connectivity index (χ0n) is 16.9. The summed E-state index contributed by atoms with van der Waals surface area (Å²) in [6, 6.07) is 13.6. The highest BCUT2D eigenvalue weighted by Crippen LogP contribution is 2.44. The predicted octanol–water partition coefficient (Wildman–Crippen LogP) is 3.73. The van der Waals surface area contributed by atoms with Crippen molar-refractivity contribution in [3.8, 4) is 5.75 Å². The van der Waals surface area contributed by atoms with Crippen molar-refractivity contribution in [2.24, 2.45) is 7.05 Å². The third kappa shape index (κ3) is 2.30. The molecule has 30 heavy (non-hydrogen) atoms. The average molecular weight is 422 g/mol. The lowest BCUT2D eigenvalue weighted by Gasteiger charge is -2.23. The highest BCUT2D eigenvalue weighted by atomic mass is 32.2. The molecule has 7 heteroatoms. The molecule has 6 rings (SSSR count). The van der Waals surface area contributed by atoms with Crippen LogP contribution in [-0.4, -0.2) is 30.1 Å². The topological polar surface area (TPSA) is 65.3 Å². The maximum Gasteiger partial charge on any atom is 0.268 e. The smallest absolute Gasteiger partial charge is 0.268 e. The van der Waals surface area contributed by atoms with Gasteiger partial charge in [0.25, 0.3) is 10.0 Å². The molecule has 2 bridgehead atoms. The predicted molar refractivity (Wildman–Crippen MR) is 117 cm³/mol. The van der Waals surface area contributed by atoms with E-state index in [0.717, 1.165) is 35.6 Å². The van der Waals surface area contributed by atoms with Crippen molar-refractivity contribution in [2.45, 2.75) is 36.2 Å². The Morgan fingerprint density at radius 2 is 1.97 bits per heavy atom. The number of benzene rings is 2. The summed E-state index contributed by atoms with van der Waals surface area (Å²) in [6.45, 7) is 0. The van der Waals surface area contributed by atoms with E-state index < -0.39 is 10.0 Å². The number of para-hydroxylation sites is 1. The fourth-order valence-electron chi connectivity index (χ4n) is 5.37. The summed E-state index contributed by atoms with van der Waals surface area (Å²) >= 11 is 0. The molecule has 4 aromatic rings. The van der Waals surface area contributed by atoms with Gasteiger partial charge in [-0.15, -0.1) is 0 Å². The number of hydrogen-bond donors (Lipinski definition) is 1. The van der Waals surface area contributed by atoms with E-state index in [1.807, 2.05) is 36.4 Å². The number of aromatic nitrogens is 2. The van der Waals surface area contributed by atoms with Crippen molar-refractivity contribution in [3.05, 3.63) is 59.9 Å². The summed E-state index contributed by atoms with van der Waals surface area (Å²) in [5.74, 6) is 0.593. The Morgan fingerprint density at radius 3 is 2.80 bits per heavy atom. The van der Waals surface area contributed by atoms with Gasteiger partial charge in [0.15, 0.2) is 0 Å². The number of aryl methyl sites for hydroxylation is 1. The molecule has 1 N–H and O–H groups in total. The van der Waals surface area contributed by atoms with Crippen molar-refractivity contribution >= 4 is 31.8 Å². The summed E-state index contributed by atoms with van der Waals surface area (Å²) in [6.07, 6.45) is 4.83. The summed E-state index contributed by atoms with van der Waals surface area (Å²) in [7, 11) is -0.109. The lowest BCUT2D eigenvalue weighted by atomic mass is 9.99. The van der Waals surface area contributed by atoms with Gasteiger partial charge in [-0.2, -0.15) is 0 Å². The third-order valence-electron chi connectivity index (χ3n) is 6.76. The number of ether oxygens (including phenoxy) is 1. The van der Waals surface area contributed by atoms with Gasteiger partial charge in [0.1, 0.15) is 5.75 Å². The van der Waals surface area contributed by atoms with E-state index in [9.17, 15) is 8.42 Å². The first kappa shape index (κ1) is 18.0. The SMILES string of the molecule is COc1cc(S(=O)(=O)n2ccc3ccccc32)cc2c3c(n(C)c12)CC1CCC3N1. The van der Waals surface area contributed by atoms with Gasteiger partial charge < -0.3 is 14.6 Å². The molecule has 0 amide bonds. The van der Waals surface area contributed by atoms with Gasteiger partial charge in [-0.25, -0.2) is 12.4 Å². The van der Waals surface area contributed by atoms with Crippen LogP contribution in [0, 0.1) is 0 Å². The first-order valence-corrected chi connectivity index (χ1v) is 11.7. The van der Waals surface area contributed by atoms with Crippen molar-refractivity contribution in [1.29, 1.82) is 0 Å². The van der Waals surface area contributed by atoms with Gasteiger partial charge in [0.05, 0.1) is 23.0 Å². The maximum atomic E-state index is 13.6. The van der Waals surface area contributed by atoms with Crippen LogP contribution >= 0.6 is 0 Å². The fraction of sp³-hybridized carbons (Fsp3) is 0.304. The number of rotatable bonds is 3. The minimum absolute atomic E-state index is 0.252. The molecular formula is C23H23N3O3S. The Labute approximate surface area is 175 Å². The first-order chi connectivity index (χ1) is 14.5. The minimum atomic E-state index is -3.77. The second kappa shape index (κ2) is 6.12. The standard InChI is InChI=1S/C23H23N3O3S/c1-25-20-11-15-7-8-18(24-15)22(20)17-12-16(13-21(29-2)23(17)25)30(27,28)26-10-9-14-5-3-4-6-19(14)26/h3-6,9-10,12-13,15,18,24H,7-8,11H2,1-2H3. The Hall–Kier alpha value is -2.77. The highest BCUT2D eigenvalue weighted by Gasteiger charge is 2.37. The van der Waals surface area contributed by atoms with Crippen LogP contribution in [0.5, 0.6) is 5.75 Å². The number of nitrogens with zero attached hydrogens (tertiary/aromatic N) is 2. The number of nitrogens with one attached hydrogen (secondary N) is 1. The molecule has 2 aliphatic rings. The molecule has 2 aromatic heterocycles. The van der Waals surface area contributed by atoms with Crippen LogP contribution in [0.2, 0.25) is 0 Å². The quantitative estimate of drug-likeness (QED) is 0.548. The Kier molecular flexibility index (Phi) is 3.68. The largest absolute Gasteiger partial charge is 0.495 e. The molecule has 1 fully saturated rings. The zero-order valence-corrected chi connectivity index (χ0v) is 17.7. The van der Waals surface area contributed by atoms with Crippen LogP contribution in [-0.2, 0) is 23.5 Å². The summed E-state index contributed by atoms with van der Waals surface area (Å²) in [4.78, 5) is 0.252. The second-order valence-corrected chi connectivity index (χ2v) is 10.1. The fourth-order valence-corrected chi connectivity index (χ4v) is 6.76. The second-order valence-electron chi connectivity index (χ2n) is 8.31. The van der Waals surface area contributed by atoms with Crippen LogP contribution in [0.1, 0.15) is 30.1 Å². The molecule has 2 aromatic carbocycles. The van der Waals surface area contributed by atoms with E-state index in [1.54, 1.807) is 19.4 Å². The van der Waals surface area contributed by atoms with Crippen molar-refractivity contribution in [3.63, 3.8) is 0 Å². The van der Waals surface area contributed by atoms with E-state index in [-0.39, 0.29) is 10.9 Å². The molecule has 4 heterocycles. The van der Waals surface area contributed by atoms with Gasteiger partial charge in [-0.05, 0) is 36.6 Å². The summed E-state index contributed by atoms with van der Waals surface area (Å²) in [5, 5.41) is 5.56. The first-order valence-electron chi connectivity index (χ1n) is 10.3. The summed E-state index contributed by atoms with van der Waals surface area (Å²) < 4.78 is 36.5. The van der Waals surface area contributed by atoms with Gasteiger partial charge >= 0.3 is 0 Å². The highest BCUT2D eigenvalue weighted by molar-refractivity contribution is 7.90. The van der Waals surface area contributed by atoms with Gasteiger partial charge in [0.2, 0.25) is 0 Å². The Morgan fingerprint density at radius 1 is 1.13 bits per heavy atom. The van der Waals surface area contributed by atoms with Crippen molar-refractivity contribution < 1.29 is 13.2 Å². The molecule has 2 aliphatic heterocycles. The monoisotopic (exact) mass is 421 g/mol. The Balaban J connectivity index is 1.63. The third-order valence-corrected chi connectivity index (χ3v) is 8.43. The minimum Gasteiger partial charge on any atom is -0.495 e. The molecule has 0 saturated carbocycles. The number of hydrogen-bond acceptors (Lipinski definition) is 4. The van der Waals surface area contributed by atoms with Crippen molar-refractivity contribution in [1.82, 2.24) is 13.9 Å². The molecule has 2 atom stereocenters. The van der Waals surface area contributed by atoms with Gasteiger partial charge in [0, 0.05) is 54.3 Å². The number of methoxy groups -OCH3 is 1. The van der Waals surface area contributed by atoms with E-state index in [2.05, 4.69) is 16.9 Å². The molecule has 6 nitrogen and oxygen atoms in total. The van der Waals surface area contributed by atoms with Gasteiger partial charge in [-0.1, -0.05) is 18.2 Å².